The smallest absolute Gasteiger partial charge is 0.329 e. The van der Waals surface area contributed by atoms with Crippen molar-refractivity contribution in [1.29, 1.82) is 0 Å². The number of hydrogen-bond acceptors (Lipinski definition) is 4. The Morgan fingerprint density at radius 3 is 2.62 bits per heavy atom. The van der Waals surface area contributed by atoms with Crippen molar-refractivity contribution in [2.45, 2.75) is 19.3 Å². The normalized spacial score (nSPS) is 12.1. The summed E-state index contributed by atoms with van der Waals surface area (Å²) in [5.74, 6) is 0.516. The molecular formula is C15H20N4O2. The lowest BCUT2D eigenvalue weighted by Crippen LogP contribution is -2.32. The highest BCUT2D eigenvalue weighted by Gasteiger charge is 2.10. The van der Waals surface area contributed by atoms with Crippen molar-refractivity contribution >= 4 is 11.5 Å². The molecule has 1 aromatic carbocycles. The van der Waals surface area contributed by atoms with Gasteiger partial charge in [0.25, 0.3) is 5.56 Å². The van der Waals surface area contributed by atoms with Crippen LogP contribution in [-0.4, -0.2) is 16.1 Å². The minimum atomic E-state index is -0.513. The van der Waals surface area contributed by atoms with Gasteiger partial charge in [0.15, 0.2) is 0 Å². The van der Waals surface area contributed by atoms with Gasteiger partial charge in [-0.3, -0.25) is 14.3 Å². The van der Waals surface area contributed by atoms with Crippen LogP contribution >= 0.6 is 0 Å². The number of rotatable bonds is 5. The lowest BCUT2D eigenvalue weighted by atomic mass is 9.98. The Labute approximate surface area is 122 Å². The zero-order valence-corrected chi connectivity index (χ0v) is 12.2. The van der Waals surface area contributed by atoms with E-state index in [1.807, 2.05) is 18.2 Å². The Bertz CT molecular complexity index is 719. The number of aromatic amines is 1. The monoisotopic (exact) mass is 288 g/mol. The van der Waals surface area contributed by atoms with E-state index in [0.717, 1.165) is 6.42 Å². The highest BCUT2D eigenvalue weighted by Crippen LogP contribution is 2.18. The van der Waals surface area contributed by atoms with E-state index in [1.54, 1.807) is 0 Å². The molecule has 0 aliphatic carbocycles. The summed E-state index contributed by atoms with van der Waals surface area (Å²) in [4.78, 5) is 25.4. The van der Waals surface area contributed by atoms with Crippen LogP contribution in [0, 0.1) is 0 Å². The van der Waals surface area contributed by atoms with Gasteiger partial charge < -0.3 is 11.1 Å². The topological polar surface area (TPSA) is 92.9 Å². The van der Waals surface area contributed by atoms with E-state index in [9.17, 15) is 9.59 Å². The fourth-order valence-corrected chi connectivity index (χ4v) is 2.17. The van der Waals surface area contributed by atoms with Crippen LogP contribution in [0.15, 0.2) is 39.9 Å². The van der Waals surface area contributed by atoms with Gasteiger partial charge in [-0.2, -0.15) is 0 Å². The minimum absolute atomic E-state index is 0.149. The minimum Gasteiger partial charge on any atom is -0.383 e. The van der Waals surface area contributed by atoms with Gasteiger partial charge in [-0.25, -0.2) is 4.79 Å². The molecule has 6 nitrogen and oxygen atoms in total. The fraction of sp³-hybridized carbons (Fsp3) is 0.333. The van der Waals surface area contributed by atoms with E-state index < -0.39 is 11.2 Å². The molecule has 0 saturated carbocycles. The molecule has 2 aromatic rings. The molecule has 2 rings (SSSR count). The third-order valence-corrected chi connectivity index (χ3v) is 3.62. The molecule has 112 valence electrons. The van der Waals surface area contributed by atoms with Gasteiger partial charge in [-0.15, -0.1) is 0 Å². The second kappa shape index (κ2) is 6.30. The van der Waals surface area contributed by atoms with Crippen LogP contribution in [0.5, 0.6) is 0 Å². The van der Waals surface area contributed by atoms with Crippen LogP contribution in [0.4, 0.5) is 11.5 Å². The van der Waals surface area contributed by atoms with Crippen molar-refractivity contribution in [3.05, 3.63) is 56.7 Å². The van der Waals surface area contributed by atoms with E-state index >= 15 is 0 Å². The summed E-state index contributed by atoms with van der Waals surface area (Å²) in [6.45, 7) is 2.73. The van der Waals surface area contributed by atoms with Gasteiger partial charge in [-0.1, -0.05) is 37.3 Å². The molecule has 0 bridgehead atoms. The highest BCUT2D eigenvalue weighted by atomic mass is 16.2. The summed E-state index contributed by atoms with van der Waals surface area (Å²) in [6.07, 6.45) is 0.853. The largest absolute Gasteiger partial charge is 0.383 e. The Balaban J connectivity index is 2.03. The molecular weight excluding hydrogens is 268 g/mol. The Hall–Kier alpha value is -2.50. The number of nitrogens with two attached hydrogens (primary N) is 1. The molecule has 0 amide bonds. The molecule has 1 aromatic heterocycles. The zero-order valence-electron chi connectivity index (χ0n) is 12.2. The summed E-state index contributed by atoms with van der Waals surface area (Å²) in [6, 6.07) is 10.2. The Kier molecular flexibility index (Phi) is 4.47. The average Bonchev–Trinajstić information content (AvgIpc) is 2.49. The second-order valence-electron chi connectivity index (χ2n) is 5.11. The highest BCUT2D eigenvalue weighted by molar-refractivity contribution is 5.60. The number of hydrogen-bond donors (Lipinski definition) is 3. The number of anilines is 2. The lowest BCUT2D eigenvalue weighted by Gasteiger charge is -2.14. The van der Waals surface area contributed by atoms with Gasteiger partial charge in [0.1, 0.15) is 11.5 Å². The third kappa shape index (κ3) is 3.34. The third-order valence-electron chi connectivity index (χ3n) is 3.62. The first-order chi connectivity index (χ1) is 10.0. The van der Waals surface area contributed by atoms with E-state index in [1.165, 1.54) is 17.2 Å². The lowest BCUT2D eigenvalue weighted by molar-refractivity contribution is 0.704. The maximum atomic E-state index is 11.7. The van der Waals surface area contributed by atoms with Crippen molar-refractivity contribution in [3.8, 4) is 0 Å². The molecule has 4 N–H and O–H groups in total. The first-order valence-electron chi connectivity index (χ1n) is 6.88. The van der Waals surface area contributed by atoms with E-state index in [4.69, 9.17) is 5.73 Å². The second-order valence-corrected chi connectivity index (χ2v) is 5.11. The molecule has 1 heterocycles. The van der Waals surface area contributed by atoms with Crippen LogP contribution in [0.2, 0.25) is 0 Å². The Morgan fingerprint density at radius 1 is 1.29 bits per heavy atom. The molecule has 0 saturated heterocycles. The number of benzene rings is 1. The number of H-pyrrole nitrogens is 1. The van der Waals surface area contributed by atoms with Gasteiger partial charge in [0, 0.05) is 13.6 Å². The molecule has 0 radical (unpaired) electrons. The van der Waals surface area contributed by atoms with Crippen LogP contribution in [0.3, 0.4) is 0 Å². The SMILES string of the molecule is CC(CCNc1c(N)n(C)c(=O)[nH]c1=O)c1ccccc1. The fourth-order valence-electron chi connectivity index (χ4n) is 2.17. The van der Waals surface area contributed by atoms with E-state index in [0.29, 0.717) is 12.5 Å². The first kappa shape index (κ1) is 14.9. The van der Waals surface area contributed by atoms with Crippen LogP contribution < -0.4 is 22.3 Å². The van der Waals surface area contributed by atoms with Crippen molar-refractivity contribution in [1.82, 2.24) is 9.55 Å². The zero-order chi connectivity index (χ0) is 15.4. The van der Waals surface area contributed by atoms with Crippen molar-refractivity contribution in [2.75, 3.05) is 17.6 Å². The molecule has 1 atom stereocenters. The van der Waals surface area contributed by atoms with Crippen LogP contribution in [0.25, 0.3) is 0 Å². The summed E-state index contributed by atoms with van der Waals surface area (Å²) in [7, 11) is 1.52. The standard InChI is InChI=1S/C15H20N4O2/c1-10(11-6-4-3-5-7-11)8-9-17-12-13(16)19(2)15(21)18-14(12)20/h3-7,10,17H,8-9,16H2,1-2H3,(H,18,20,21). The number of nitrogen functional groups attached to an aromatic ring is 1. The molecule has 1 unspecified atom stereocenters. The molecule has 21 heavy (non-hydrogen) atoms. The first-order valence-corrected chi connectivity index (χ1v) is 6.88. The summed E-state index contributed by atoms with van der Waals surface area (Å²) < 4.78 is 1.21. The predicted molar refractivity (Wildman–Crippen MR) is 84.7 cm³/mol. The maximum Gasteiger partial charge on any atom is 0.329 e. The van der Waals surface area contributed by atoms with Crippen LogP contribution in [-0.2, 0) is 7.05 Å². The summed E-state index contributed by atoms with van der Waals surface area (Å²) in [5, 5.41) is 3.02. The predicted octanol–water partition coefficient (Wildman–Crippen LogP) is 1.26. The van der Waals surface area contributed by atoms with Crippen molar-refractivity contribution in [2.24, 2.45) is 7.05 Å². The molecule has 0 aliphatic heterocycles. The number of nitrogens with zero attached hydrogens (tertiary/aromatic N) is 1. The van der Waals surface area contributed by atoms with Gasteiger partial charge in [0.2, 0.25) is 0 Å². The quantitative estimate of drug-likeness (QED) is 0.772. The summed E-state index contributed by atoms with van der Waals surface area (Å²) in [5.41, 5.74) is 6.30. The van der Waals surface area contributed by atoms with Gasteiger partial charge in [0.05, 0.1) is 0 Å². The molecule has 0 fully saturated rings. The van der Waals surface area contributed by atoms with Crippen LogP contribution in [0.1, 0.15) is 24.8 Å². The maximum absolute atomic E-state index is 11.7. The number of aromatic nitrogens is 2. The molecule has 6 heteroatoms. The summed E-state index contributed by atoms with van der Waals surface area (Å²) >= 11 is 0. The van der Waals surface area contributed by atoms with Gasteiger partial charge in [-0.05, 0) is 17.9 Å². The average molecular weight is 288 g/mol. The molecule has 0 spiro atoms. The van der Waals surface area contributed by atoms with E-state index in [2.05, 4.69) is 29.4 Å². The molecule has 0 aliphatic rings. The van der Waals surface area contributed by atoms with Gasteiger partial charge >= 0.3 is 5.69 Å². The number of nitrogens with one attached hydrogen (secondary N) is 2. The van der Waals surface area contributed by atoms with Crippen molar-refractivity contribution < 1.29 is 0 Å². The van der Waals surface area contributed by atoms with E-state index in [-0.39, 0.29) is 11.5 Å². The Morgan fingerprint density at radius 2 is 1.95 bits per heavy atom. The van der Waals surface area contributed by atoms with Crippen molar-refractivity contribution in [3.63, 3.8) is 0 Å².